The van der Waals surface area contributed by atoms with E-state index in [0.717, 1.165) is 17.8 Å². The topological polar surface area (TPSA) is 72.5 Å². The molecule has 0 aliphatic carbocycles. The summed E-state index contributed by atoms with van der Waals surface area (Å²) in [7, 11) is 0. The number of benzene rings is 1. The highest BCUT2D eigenvalue weighted by atomic mass is 19.1. The van der Waals surface area contributed by atoms with E-state index in [1.54, 1.807) is 6.20 Å². The molecule has 3 N–H and O–H groups in total. The van der Waals surface area contributed by atoms with Gasteiger partial charge in [0, 0.05) is 30.9 Å². The summed E-state index contributed by atoms with van der Waals surface area (Å²) >= 11 is 0. The minimum Gasteiger partial charge on any atom is -0.489 e. The maximum Gasteiger partial charge on any atom is 0.188 e. The molecular weight excluding hydrogens is 302 g/mol. The van der Waals surface area contributed by atoms with Crippen LogP contribution in [0.1, 0.15) is 5.69 Å². The van der Waals surface area contributed by atoms with Crippen molar-refractivity contribution in [2.45, 2.75) is 6.42 Å². The van der Waals surface area contributed by atoms with Crippen molar-refractivity contribution in [2.24, 2.45) is 10.7 Å². The minimum atomic E-state index is -0.734. The highest BCUT2D eigenvalue weighted by Crippen LogP contribution is 2.17. The fourth-order valence-electron chi connectivity index (χ4n) is 1.83. The van der Waals surface area contributed by atoms with Gasteiger partial charge in [-0.25, -0.2) is 8.78 Å². The van der Waals surface area contributed by atoms with Gasteiger partial charge in [-0.3, -0.25) is 9.98 Å². The van der Waals surface area contributed by atoms with Crippen LogP contribution in [0.5, 0.6) is 5.75 Å². The maximum atomic E-state index is 13.3. The molecule has 0 aliphatic heterocycles. The molecule has 2 rings (SSSR count). The minimum absolute atomic E-state index is 0.00105. The van der Waals surface area contributed by atoms with Gasteiger partial charge in [0.2, 0.25) is 0 Å². The molecule has 1 aromatic carbocycles. The first-order valence-electron chi connectivity index (χ1n) is 7.16. The maximum absolute atomic E-state index is 13.3. The first-order valence-corrected chi connectivity index (χ1v) is 7.16. The third-order valence-corrected chi connectivity index (χ3v) is 2.94. The van der Waals surface area contributed by atoms with Crippen LogP contribution < -0.4 is 15.8 Å². The van der Waals surface area contributed by atoms with Crippen molar-refractivity contribution < 1.29 is 13.5 Å². The first-order chi connectivity index (χ1) is 11.1. The number of hydrogen-bond donors (Lipinski definition) is 2. The summed E-state index contributed by atoms with van der Waals surface area (Å²) in [6.07, 6.45) is 2.42. The highest BCUT2D eigenvalue weighted by molar-refractivity contribution is 5.77. The third kappa shape index (κ3) is 5.90. The van der Waals surface area contributed by atoms with E-state index >= 15 is 0 Å². The van der Waals surface area contributed by atoms with Crippen LogP contribution in [0.15, 0.2) is 47.6 Å². The Hall–Kier alpha value is -2.70. The van der Waals surface area contributed by atoms with E-state index in [9.17, 15) is 8.78 Å². The lowest BCUT2D eigenvalue weighted by Gasteiger charge is -2.08. The summed E-state index contributed by atoms with van der Waals surface area (Å²) in [4.78, 5) is 8.34. The molecule has 0 spiro atoms. The van der Waals surface area contributed by atoms with Gasteiger partial charge < -0.3 is 15.8 Å². The molecule has 0 fully saturated rings. The Bertz CT molecular complexity index is 650. The van der Waals surface area contributed by atoms with Crippen molar-refractivity contribution in [3.63, 3.8) is 0 Å². The number of pyridine rings is 1. The zero-order valence-corrected chi connectivity index (χ0v) is 12.5. The standard InChI is InChI=1S/C16H18F2N4O/c17-12-4-5-15(14(18)11-12)23-10-9-22-16(19)21-8-6-13-3-1-2-7-20-13/h1-5,7,11H,6,8-10H2,(H3,19,21,22). The summed E-state index contributed by atoms with van der Waals surface area (Å²) in [6.45, 7) is 1.05. The second kappa shape index (κ2) is 8.67. The summed E-state index contributed by atoms with van der Waals surface area (Å²) < 4.78 is 31.3. The molecule has 0 atom stereocenters. The van der Waals surface area contributed by atoms with Crippen LogP contribution >= 0.6 is 0 Å². The number of aliphatic imine (C=N–C) groups is 1. The van der Waals surface area contributed by atoms with Crippen LogP contribution in [0.4, 0.5) is 8.78 Å². The van der Waals surface area contributed by atoms with Gasteiger partial charge in [0.05, 0.1) is 6.54 Å². The Morgan fingerprint density at radius 3 is 2.87 bits per heavy atom. The molecule has 1 heterocycles. The van der Waals surface area contributed by atoms with Crippen LogP contribution in [0, 0.1) is 11.6 Å². The molecule has 7 heteroatoms. The van der Waals surface area contributed by atoms with Crippen molar-refractivity contribution in [2.75, 3.05) is 19.7 Å². The van der Waals surface area contributed by atoms with Crippen molar-refractivity contribution in [1.29, 1.82) is 0 Å². The van der Waals surface area contributed by atoms with Gasteiger partial charge in [0.25, 0.3) is 0 Å². The number of halogens is 2. The van der Waals surface area contributed by atoms with Crippen LogP contribution in [-0.4, -0.2) is 30.6 Å². The Labute approximate surface area is 133 Å². The molecule has 1 aromatic heterocycles. The smallest absolute Gasteiger partial charge is 0.188 e. The van der Waals surface area contributed by atoms with Crippen molar-refractivity contribution in [3.8, 4) is 5.75 Å². The molecule has 0 amide bonds. The SMILES string of the molecule is NC(=NCCc1ccccn1)NCCOc1ccc(F)cc1F. The Morgan fingerprint density at radius 1 is 1.26 bits per heavy atom. The van der Waals surface area contributed by atoms with Gasteiger partial charge in [-0.15, -0.1) is 0 Å². The van der Waals surface area contributed by atoms with Crippen LogP contribution in [-0.2, 0) is 6.42 Å². The van der Waals surface area contributed by atoms with E-state index in [4.69, 9.17) is 10.5 Å². The normalized spacial score (nSPS) is 11.3. The summed E-state index contributed by atoms with van der Waals surface area (Å²) in [5.41, 5.74) is 6.65. The number of ether oxygens (including phenoxy) is 1. The number of nitrogens with two attached hydrogens (primary N) is 1. The largest absolute Gasteiger partial charge is 0.489 e. The van der Waals surface area contributed by atoms with Gasteiger partial charge in [-0.2, -0.15) is 0 Å². The van der Waals surface area contributed by atoms with Gasteiger partial charge in [-0.1, -0.05) is 6.07 Å². The van der Waals surface area contributed by atoms with Crippen LogP contribution in [0.2, 0.25) is 0 Å². The molecule has 122 valence electrons. The average Bonchev–Trinajstić information content (AvgIpc) is 2.54. The van der Waals surface area contributed by atoms with Crippen molar-refractivity contribution >= 4 is 5.96 Å². The average molecular weight is 320 g/mol. The molecule has 0 aliphatic rings. The van der Waals surface area contributed by atoms with Crippen LogP contribution in [0.3, 0.4) is 0 Å². The van der Waals surface area contributed by atoms with E-state index in [0.29, 0.717) is 19.5 Å². The monoisotopic (exact) mass is 320 g/mol. The van der Waals surface area contributed by atoms with E-state index in [1.165, 1.54) is 6.07 Å². The zero-order valence-electron chi connectivity index (χ0n) is 12.5. The molecule has 23 heavy (non-hydrogen) atoms. The second-order valence-corrected chi connectivity index (χ2v) is 4.69. The van der Waals surface area contributed by atoms with Crippen molar-refractivity contribution in [1.82, 2.24) is 10.3 Å². The number of rotatable bonds is 7. The highest BCUT2D eigenvalue weighted by Gasteiger charge is 2.04. The number of guanidine groups is 1. The Kier molecular flexibility index (Phi) is 6.28. The predicted molar refractivity (Wildman–Crippen MR) is 84.3 cm³/mol. The van der Waals surface area contributed by atoms with Gasteiger partial charge in [-0.05, 0) is 24.3 Å². The molecule has 0 saturated carbocycles. The summed E-state index contributed by atoms with van der Waals surface area (Å²) in [6, 6.07) is 8.85. The summed E-state index contributed by atoms with van der Waals surface area (Å²) in [5.74, 6) is -1.10. The lowest BCUT2D eigenvalue weighted by atomic mass is 10.3. The molecular formula is C16H18F2N4O. The lowest BCUT2D eigenvalue weighted by molar-refractivity contribution is 0.305. The van der Waals surface area contributed by atoms with Gasteiger partial charge in [0.1, 0.15) is 12.4 Å². The van der Waals surface area contributed by atoms with E-state index in [-0.39, 0.29) is 18.3 Å². The molecule has 0 radical (unpaired) electrons. The zero-order chi connectivity index (χ0) is 16.5. The number of hydrogen-bond acceptors (Lipinski definition) is 3. The molecule has 0 unspecified atom stereocenters. The predicted octanol–water partition coefficient (Wildman–Crippen LogP) is 1.89. The number of nitrogens with zero attached hydrogens (tertiary/aromatic N) is 2. The molecule has 0 bridgehead atoms. The summed E-state index contributed by atoms with van der Waals surface area (Å²) in [5, 5.41) is 2.86. The fraction of sp³-hybridized carbons (Fsp3) is 0.250. The van der Waals surface area contributed by atoms with E-state index in [1.807, 2.05) is 18.2 Å². The number of aromatic nitrogens is 1. The lowest BCUT2D eigenvalue weighted by Crippen LogP contribution is -2.35. The first kappa shape index (κ1) is 16.7. The molecule has 2 aromatic rings. The van der Waals surface area contributed by atoms with Crippen LogP contribution in [0.25, 0.3) is 0 Å². The third-order valence-electron chi connectivity index (χ3n) is 2.94. The number of nitrogens with one attached hydrogen (secondary N) is 1. The Morgan fingerprint density at radius 2 is 2.13 bits per heavy atom. The van der Waals surface area contributed by atoms with Crippen molar-refractivity contribution in [3.05, 3.63) is 59.9 Å². The van der Waals surface area contributed by atoms with Gasteiger partial charge in [0.15, 0.2) is 17.5 Å². The quantitative estimate of drug-likeness (QED) is 0.464. The molecule has 0 saturated heterocycles. The molecule has 5 nitrogen and oxygen atoms in total. The van der Waals surface area contributed by atoms with Gasteiger partial charge >= 0.3 is 0 Å². The Balaban J connectivity index is 1.66. The van der Waals surface area contributed by atoms with E-state index < -0.39 is 11.6 Å². The fourth-order valence-corrected chi connectivity index (χ4v) is 1.83. The second-order valence-electron chi connectivity index (χ2n) is 4.69. The van der Waals surface area contributed by atoms with E-state index in [2.05, 4.69) is 15.3 Å².